The second kappa shape index (κ2) is 8.08. The Morgan fingerprint density at radius 1 is 1.13 bits per heavy atom. The summed E-state index contributed by atoms with van der Waals surface area (Å²) >= 11 is 0. The van der Waals surface area contributed by atoms with Gasteiger partial charge in [0.2, 0.25) is 5.91 Å². The molecule has 1 unspecified atom stereocenters. The van der Waals surface area contributed by atoms with Crippen LogP contribution < -0.4 is 0 Å². The van der Waals surface area contributed by atoms with Gasteiger partial charge in [-0.2, -0.15) is 0 Å². The summed E-state index contributed by atoms with van der Waals surface area (Å²) in [4.78, 5) is 28.7. The van der Waals surface area contributed by atoms with Crippen LogP contribution in [0, 0.1) is 0 Å². The van der Waals surface area contributed by atoms with E-state index in [-0.39, 0.29) is 18.5 Å². The molecular weight excluding hydrogens is 298 g/mol. The van der Waals surface area contributed by atoms with Crippen molar-refractivity contribution in [3.8, 4) is 0 Å². The number of carbonyl (C=O) groups excluding carboxylic acids is 1. The van der Waals surface area contributed by atoms with E-state index in [0.717, 1.165) is 12.8 Å². The number of hydrogen-bond acceptors (Lipinski definition) is 5. The zero-order valence-electron chi connectivity index (χ0n) is 14.1. The fraction of sp³-hybridized carbons (Fsp3) is 0.875. The van der Waals surface area contributed by atoms with Crippen LogP contribution in [0.15, 0.2) is 0 Å². The maximum Gasteiger partial charge on any atom is 0.317 e. The van der Waals surface area contributed by atoms with Gasteiger partial charge in [-0.15, -0.1) is 0 Å². The van der Waals surface area contributed by atoms with Crippen LogP contribution in [-0.2, 0) is 9.59 Å². The van der Waals surface area contributed by atoms with Crippen LogP contribution in [-0.4, -0.2) is 95.3 Å². The zero-order valence-corrected chi connectivity index (χ0v) is 14.1. The minimum absolute atomic E-state index is 0.0886. The standard InChI is InChI=1S/C16H29N3O4/c1-17(11-16(22)23)13-8-19(9-14(13)20)10-15(21)18(2)12-6-4-3-5-7-12/h12-14,20H,3-11H2,1-2H3,(H,22,23)/t13?,14-/m1/s1. The first-order chi connectivity index (χ1) is 10.9. The van der Waals surface area contributed by atoms with E-state index < -0.39 is 12.1 Å². The SMILES string of the molecule is CN(CC(=O)O)C1CN(CC(=O)N(C)C2CCCCC2)C[C@H]1O. The number of carboxylic acids is 1. The van der Waals surface area contributed by atoms with Gasteiger partial charge in [-0.05, 0) is 19.9 Å². The van der Waals surface area contributed by atoms with Crippen LogP contribution in [0.4, 0.5) is 0 Å². The number of aliphatic carboxylic acids is 1. The average Bonchev–Trinajstić information content (AvgIpc) is 2.87. The highest BCUT2D eigenvalue weighted by molar-refractivity contribution is 5.78. The first-order valence-electron chi connectivity index (χ1n) is 8.46. The molecule has 2 N–H and O–H groups in total. The third-order valence-electron chi connectivity index (χ3n) is 5.16. The predicted octanol–water partition coefficient (Wildman–Crippen LogP) is -0.161. The van der Waals surface area contributed by atoms with Crippen molar-refractivity contribution in [2.75, 3.05) is 40.3 Å². The number of nitrogens with zero attached hydrogens (tertiary/aromatic N) is 3. The van der Waals surface area contributed by atoms with Crippen molar-refractivity contribution in [3.63, 3.8) is 0 Å². The molecule has 0 bridgehead atoms. The van der Waals surface area contributed by atoms with Crippen molar-refractivity contribution < 1.29 is 19.8 Å². The van der Waals surface area contributed by atoms with Gasteiger partial charge in [-0.3, -0.25) is 19.4 Å². The van der Waals surface area contributed by atoms with Crippen molar-refractivity contribution in [1.29, 1.82) is 0 Å². The van der Waals surface area contributed by atoms with Crippen molar-refractivity contribution in [3.05, 3.63) is 0 Å². The Morgan fingerprint density at radius 2 is 1.78 bits per heavy atom. The fourth-order valence-corrected chi connectivity index (χ4v) is 3.71. The van der Waals surface area contributed by atoms with Crippen molar-refractivity contribution in [1.82, 2.24) is 14.7 Å². The van der Waals surface area contributed by atoms with Crippen molar-refractivity contribution >= 4 is 11.9 Å². The highest BCUT2D eigenvalue weighted by Crippen LogP contribution is 2.22. The number of carbonyl (C=O) groups is 2. The molecule has 1 amide bonds. The number of rotatable bonds is 6. The number of aliphatic hydroxyl groups excluding tert-OH is 1. The first-order valence-corrected chi connectivity index (χ1v) is 8.46. The number of β-amino-alcohol motifs (C(OH)–C–C–N with tert-alkyl or cyclic N) is 1. The largest absolute Gasteiger partial charge is 0.480 e. The Hall–Kier alpha value is -1.18. The number of likely N-dealkylation sites (tertiary alicyclic amines) is 1. The summed E-state index contributed by atoms with van der Waals surface area (Å²) in [7, 11) is 3.57. The number of likely N-dealkylation sites (N-methyl/N-ethyl adjacent to an activating group) is 2. The van der Waals surface area contributed by atoms with Crippen LogP contribution in [0.2, 0.25) is 0 Å². The zero-order chi connectivity index (χ0) is 17.0. The summed E-state index contributed by atoms with van der Waals surface area (Å²) in [5.74, 6) is -0.822. The second-order valence-corrected chi connectivity index (χ2v) is 6.93. The van der Waals surface area contributed by atoms with E-state index in [4.69, 9.17) is 5.11 Å². The predicted molar refractivity (Wildman–Crippen MR) is 86.1 cm³/mol. The Kier molecular flexibility index (Phi) is 6.38. The highest BCUT2D eigenvalue weighted by atomic mass is 16.4. The van der Waals surface area contributed by atoms with Crippen molar-refractivity contribution in [2.45, 2.75) is 50.3 Å². The molecule has 0 aromatic carbocycles. The van der Waals surface area contributed by atoms with Gasteiger partial charge in [0, 0.05) is 32.2 Å². The Morgan fingerprint density at radius 3 is 2.39 bits per heavy atom. The Balaban J connectivity index is 1.83. The minimum atomic E-state index is -0.911. The van der Waals surface area contributed by atoms with Gasteiger partial charge in [-0.1, -0.05) is 19.3 Å². The number of hydrogen-bond donors (Lipinski definition) is 2. The molecule has 23 heavy (non-hydrogen) atoms. The molecule has 1 aliphatic heterocycles. The smallest absolute Gasteiger partial charge is 0.317 e. The summed E-state index contributed by atoms with van der Waals surface area (Å²) in [6, 6.07) is 0.105. The van der Waals surface area contributed by atoms with Crippen LogP contribution in [0.3, 0.4) is 0 Å². The molecule has 132 valence electrons. The van der Waals surface area contributed by atoms with Crippen LogP contribution in [0.25, 0.3) is 0 Å². The highest BCUT2D eigenvalue weighted by Gasteiger charge is 2.36. The van der Waals surface area contributed by atoms with E-state index in [1.54, 1.807) is 11.9 Å². The average molecular weight is 327 g/mol. The normalized spacial score (nSPS) is 26.6. The summed E-state index contributed by atoms with van der Waals surface area (Å²) in [5, 5.41) is 19.0. The molecule has 1 aliphatic carbocycles. The summed E-state index contributed by atoms with van der Waals surface area (Å²) < 4.78 is 0. The summed E-state index contributed by atoms with van der Waals surface area (Å²) in [5.41, 5.74) is 0. The molecular formula is C16H29N3O4. The second-order valence-electron chi connectivity index (χ2n) is 6.93. The van der Waals surface area contributed by atoms with Gasteiger partial charge in [0.05, 0.1) is 19.2 Å². The van der Waals surface area contributed by atoms with E-state index >= 15 is 0 Å². The van der Waals surface area contributed by atoms with Crippen LogP contribution in [0.1, 0.15) is 32.1 Å². The van der Waals surface area contributed by atoms with E-state index in [1.807, 2.05) is 16.8 Å². The van der Waals surface area contributed by atoms with Gasteiger partial charge in [0.25, 0.3) is 0 Å². The first kappa shape index (κ1) is 18.2. The summed E-state index contributed by atoms with van der Waals surface area (Å²) in [6.07, 6.45) is 5.17. The maximum absolute atomic E-state index is 12.5. The fourth-order valence-electron chi connectivity index (χ4n) is 3.71. The maximum atomic E-state index is 12.5. The van der Waals surface area contributed by atoms with Gasteiger partial charge in [0.1, 0.15) is 0 Å². The van der Waals surface area contributed by atoms with E-state index in [2.05, 4.69) is 0 Å². The topological polar surface area (TPSA) is 84.3 Å². The molecule has 1 heterocycles. The van der Waals surface area contributed by atoms with Gasteiger partial charge in [0.15, 0.2) is 0 Å². The van der Waals surface area contributed by atoms with Crippen LogP contribution in [0.5, 0.6) is 0 Å². The molecule has 2 aliphatic rings. The number of amides is 1. The molecule has 7 nitrogen and oxygen atoms in total. The van der Waals surface area contributed by atoms with Gasteiger partial charge in [-0.25, -0.2) is 0 Å². The monoisotopic (exact) mass is 327 g/mol. The lowest BCUT2D eigenvalue weighted by Crippen LogP contribution is -2.45. The van der Waals surface area contributed by atoms with E-state index in [0.29, 0.717) is 25.7 Å². The lowest BCUT2D eigenvalue weighted by atomic mass is 9.94. The van der Waals surface area contributed by atoms with Gasteiger partial charge >= 0.3 is 5.97 Å². The number of aliphatic hydroxyl groups is 1. The molecule has 1 saturated heterocycles. The van der Waals surface area contributed by atoms with Crippen molar-refractivity contribution in [2.24, 2.45) is 0 Å². The quantitative estimate of drug-likeness (QED) is 0.705. The van der Waals surface area contributed by atoms with E-state index in [9.17, 15) is 14.7 Å². The Bertz CT molecular complexity index is 426. The van der Waals surface area contributed by atoms with Gasteiger partial charge < -0.3 is 15.1 Å². The van der Waals surface area contributed by atoms with Crippen LogP contribution >= 0.6 is 0 Å². The molecule has 2 atom stereocenters. The minimum Gasteiger partial charge on any atom is -0.480 e. The lowest BCUT2D eigenvalue weighted by molar-refractivity contribution is -0.139. The lowest BCUT2D eigenvalue weighted by Gasteiger charge is -2.32. The molecule has 2 fully saturated rings. The molecule has 0 radical (unpaired) electrons. The number of carboxylic acid groups (broad SMARTS) is 1. The Labute approximate surface area is 137 Å². The summed E-state index contributed by atoms with van der Waals surface area (Å²) in [6.45, 7) is 1.13. The molecule has 1 saturated carbocycles. The molecule has 7 heteroatoms. The van der Waals surface area contributed by atoms with E-state index in [1.165, 1.54) is 19.3 Å². The molecule has 0 aromatic heterocycles. The third kappa shape index (κ3) is 4.89. The molecule has 0 aromatic rings. The molecule has 2 rings (SSSR count). The molecule has 0 spiro atoms. The third-order valence-corrected chi connectivity index (χ3v) is 5.16.